The number of thioether (sulfide) groups is 1. The van der Waals surface area contributed by atoms with Gasteiger partial charge in [0.1, 0.15) is 5.25 Å². The second-order valence-electron chi connectivity index (χ2n) is 3.66. The highest BCUT2D eigenvalue weighted by Crippen LogP contribution is 2.46. The quantitative estimate of drug-likeness (QED) is 0.899. The van der Waals surface area contributed by atoms with Crippen molar-refractivity contribution in [3.8, 4) is 17.2 Å². The number of benzene rings is 1. The maximum atomic E-state index is 11.7. The molecule has 0 spiro atoms. The van der Waals surface area contributed by atoms with E-state index < -0.39 is 0 Å². The van der Waals surface area contributed by atoms with Crippen molar-refractivity contribution < 1.29 is 19.0 Å². The van der Waals surface area contributed by atoms with Gasteiger partial charge in [-0.1, -0.05) is 0 Å². The monoisotopic (exact) mass is 269 g/mol. The fourth-order valence-corrected chi connectivity index (χ4v) is 2.92. The summed E-state index contributed by atoms with van der Waals surface area (Å²) in [4.78, 5) is 11.7. The van der Waals surface area contributed by atoms with Crippen LogP contribution in [0.2, 0.25) is 0 Å². The minimum absolute atomic E-state index is 0.00878. The molecule has 0 aromatic heterocycles. The van der Waals surface area contributed by atoms with Crippen molar-refractivity contribution in [3.63, 3.8) is 0 Å². The van der Waals surface area contributed by atoms with Crippen molar-refractivity contribution in [3.05, 3.63) is 17.7 Å². The fraction of sp³-hybridized carbons (Fsp3) is 0.417. The molecule has 0 aliphatic carbocycles. The van der Waals surface area contributed by atoms with E-state index in [2.05, 4.69) is 5.32 Å². The Bertz CT molecular complexity index is 464. The summed E-state index contributed by atoms with van der Waals surface area (Å²) in [6.07, 6.45) is 0. The number of carbonyl (C=O) groups is 1. The summed E-state index contributed by atoms with van der Waals surface area (Å²) in [6, 6.07) is 3.62. The first-order chi connectivity index (χ1) is 8.72. The number of hydrogen-bond acceptors (Lipinski definition) is 5. The maximum Gasteiger partial charge on any atom is 0.238 e. The molecule has 2 rings (SSSR count). The van der Waals surface area contributed by atoms with E-state index in [1.54, 1.807) is 27.4 Å². The molecule has 1 amide bonds. The van der Waals surface area contributed by atoms with Gasteiger partial charge < -0.3 is 19.5 Å². The van der Waals surface area contributed by atoms with Crippen LogP contribution in [0.1, 0.15) is 10.8 Å². The number of rotatable bonds is 4. The average molecular weight is 269 g/mol. The van der Waals surface area contributed by atoms with Gasteiger partial charge in [0.25, 0.3) is 0 Å². The molecule has 6 heteroatoms. The van der Waals surface area contributed by atoms with E-state index in [1.807, 2.05) is 6.07 Å². The summed E-state index contributed by atoms with van der Waals surface area (Å²) in [7, 11) is 4.67. The van der Waals surface area contributed by atoms with E-state index in [0.717, 1.165) is 5.56 Å². The second kappa shape index (κ2) is 5.39. The predicted molar refractivity (Wildman–Crippen MR) is 69.4 cm³/mol. The lowest BCUT2D eigenvalue weighted by Crippen LogP contribution is -2.18. The highest BCUT2D eigenvalue weighted by molar-refractivity contribution is 8.00. The number of methoxy groups -OCH3 is 3. The SMILES string of the molecule is COc1ccc(C2SCNC2=O)c(OC)c1OC. The van der Waals surface area contributed by atoms with Crippen LogP contribution in [0.15, 0.2) is 12.1 Å². The molecular weight excluding hydrogens is 254 g/mol. The van der Waals surface area contributed by atoms with E-state index >= 15 is 0 Å². The standard InChI is InChI=1S/C12H15NO4S/c1-15-8-5-4-7(9(16-2)10(8)17-3)11-12(14)13-6-18-11/h4-5,11H,6H2,1-3H3,(H,13,14). The molecule has 1 aliphatic heterocycles. The van der Waals surface area contributed by atoms with Crippen LogP contribution in [0, 0.1) is 0 Å². The van der Waals surface area contributed by atoms with Crippen molar-refractivity contribution in [1.29, 1.82) is 0 Å². The van der Waals surface area contributed by atoms with Crippen LogP contribution in [0.3, 0.4) is 0 Å². The summed E-state index contributed by atoms with van der Waals surface area (Å²) in [5.74, 6) is 2.25. The third-order valence-corrected chi connectivity index (χ3v) is 3.86. The molecule has 5 nitrogen and oxygen atoms in total. The first-order valence-electron chi connectivity index (χ1n) is 5.41. The Morgan fingerprint density at radius 2 is 1.89 bits per heavy atom. The topological polar surface area (TPSA) is 56.8 Å². The van der Waals surface area contributed by atoms with Crippen molar-refractivity contribution in [1.82, 2.24) is 5.32 Å². The van der Waals surface area contributed by atoms with Crippen molar-refractivity contribution >= 4 is 17.7 Å². The number of nitrogens with one attached hydrogen (secondary N) is 1. The number of amides is 1. The molecule has 0 saturated carbocycles. The van der Waals surface area contributed by atoms with Gasteiger partial charge in [0.15, 0.2) is 11.5 Å². The van der Waals surface area contributed by atoms with E-state index in [1.165, 1.54) is 11.8 Å². The van der Waals surface area contributed by atoms with Gasteiger partial charge in [0, 0.05) is 5.56 Å². The van der Waals surface area contributed by atoms with Gasteiger partial charge in [-0.25, -0.2) is 0 Å². The molecule has 18 heavy (non-hydrogen) atoms. The van der Waals surface area contributed by atoms with Crippen molar-refractivity contribution in [2.75, 3.05) is 27.2 Å². The summed E-state index contributed by atoms with van der Waals surface area (Å²) < 4.78 is 15.9. The van der Waals surface area contributed by atoms with Gasteiger partial charge in [-0.3, -0.25) is 4.79 Å². The van der Waals surface area contributed by atoms with Crippen LogP contribution >= 0.6 is 11.8 Å². The molecule has 1 aromatic carbocycles. The summed E-state index contributed by atoms with van der Waals surface area (Å²) in [5, 5.41) is 2.52. The number of carbonyl (C=O) groups excluding carboxylic acids is 1. The Morgan fingerprint density at radius 3 is 2.39 bits per heavy atom. The molecule has 1 N–H and O–H groups in total. The van der Waals surface area contributed by atoms with Crippen LogP contribution in [0.25, 0.3) is 0 Å². The van der Waals surface area contributed by atoms with E-state index in [-0.39, 0.29) is 11.2 Å². The molecule has 1 aliphatic rings. The first-order valence-corrected chi connectivity index (χ1v) is 6.46. The molecule has 1 fully saturated rings. The average Bonchev–Trinajstić information content (AvgIpc) is 2.82. The fourth-order valence-electron chi connectivity index (χ4n) is 1.93. The van der Waals surface area contributed by atoms with Crippen LogP contribution in [-0.2, 0) is 4.79 Å². The summed E-state index contributed by atoms with van der Waals surface area (Å²) in [5.41, 5.74) is 0.801. The van der Waals surface area contributed by atoms with Gasteiger partial charge >= 0.3 is 0 Å². The molecule has 1 atom stereocenters. The maximum absolute atomic E-state index is 11.7. The minimum Gasteiger partial charge on any atom is -0.493 e. The largest absolute Gasteiger partial charge is 0.493 e. The summed E-state index contributed by atoms with van der Waals surface area (Å²) in [6.45, 7) is 0. The van der Waals surface area contributed by atoms with E-state index in [0.29, 0.717) is 23.1 Å². The Hall–Kier alpha value is -1.56. The van der Waals surface area contributed by atoms with Gasteiger partial charge in [-0.2, -0.15) is 0 Å². The molecule has 98 valence electrons. The molecule has 0 bridgehead atoms. The second-order valence-corrected chi connectivity index (χ2v) is 4.75. The lowest BCUT2D eigenvalue weighted by Gasteiger charge is -2.17. The zero-order valence-corrected chi connectivity index (χ0v) is 11.3. The Morgan fingerprint density at radius 1 is 1.17 bits per heavy atom. The van der Waals surface area contributed by atoms with Gasteiger partial charge in [0.2, 0.25) is 11.7 Å². The Balaban J connectivity index is 2.50. The summed E-state index contributed by atoms with van der Waals surface area (Å²) >= 11 is 1.53. The molecule has 1 heterocycles. The third-order valence-electron chi connectivity index (χ3n) is 2.75. The van der Waals surface area contributed by atoms with Gasteiger partial charge in [-0.05, 0) is 12.1 Å². The molecule has 1 unspecified atom stereocenters. The lowest BCUT2D eigenvalue weighted by molar-refractivity contribution is -0.119. The van der Waals surface area contributed by atoms with E-state index in [4.69, 9.17) is 14.2 Å². The zero-order valence-electron chi connectivity index (χ0n) is 10.5. The van der Waals surface area contributed by atoms with Crippen molar-refractivity contribution in [2.24, 2.45) is 0 Å². The number of hydrogen-bond donors (Lipinski definition) is 1. The minimum atomic E-state index is -0.264. The molecule has 1 saturated heterocycles. The third kappa shape index (κ3) is 2.08. The van der Waals surface area contributed by atoms with Gasteiger partial charge in [0.05, 0.1) is 27.2 Å². The smallest absolute Gasteiger partial charge is 0.238 e. The first kappa shape index (κ1) is 12.9. The van der Waals surface area contributed by atoms with Crippen molar-refractivity contribution in [2.45, 2.75) is 5.25 Å². The zero-order chi connectivity index (χ0) is 13.1. The van der Waals surface area contributed by atoms with Gasteiger partial charge in [-0.15, -0.1) is 11.8 Å². The highest BCUT2D eigenvalue weighted by Gasteiger charge is 2.31. The van der Waals surface area contributed by atoms with Crippen LogP contribution < -0.4 is 19.5 Å². The molecule has 0 radical (unpaired) electrons. The normalized spacial score (nSPS) is 18.4. The molecule has 1 aromatic rings. The Labute approximate surface area is 110 Å². The molecular formula is C12H15NO4S. The van der Waals surface area contributed by atoms with Crippen LogP contribution in [0.4, 0.5) is 0 Å². The highest BCUT2D eigenvalue weighted by atomic mass is 32.2. The van der Waals surface area contributed by atoms with Crippen LogP contribution in [0.5, 0.6) is 17.2 Å². The van der Waals surface area contributed by atoms with E-state index in [9.17, 15) is 4.79 Å². The lowest BCUT2D eigenvalue weighted by atomic mass is 10.1. The van der Waals surface area contributed by atoms with Crippen LogP contribution in [-0.4, -0.2) is 33.1 Å². The Kier molecular flexibility index (Phi) is 3.86. The predicted octanol–water partition coefficient (Wildman–Crippen LogP) is 1.57. The number of ether oxygens (including phenoxy) is 3.